The summed E-state index contributed by atoms with van der Waals surface area (Å²) in [5.74, 6) is 0. The van der Waals surface area contributed by atoms with Crippen molar-refractivity contribution in [2.24, 2.45) is 10.8 Å². The molecule has 0 radical (unpaired) electrons. The number of rotatable bonds is 13. The van der Waals surface area contributed by atoms with E-state index in [-0.39, 0.29) is 32.5 Å². The lowest BCUT2D eigenvalue weighted by atomic mass is 9.59. The van der Waals surface area contributed by atoms with E-state index >= 15 is 0 Å². The van der Waals surface area contributed by atoms with Crippen LogP contribution in [0.1, 0.15) is 116 Å². The molecular weight excluding hydrogens is 1150 g/mol. The monoisotopic (exact) mass is 1230 g/mol. The Balaban J connectivity index is 0.821. The molecule has 0 amide bonds. The first-order valence-electron chi connectivity index (χ1n) is 33.1. The van der Waals surface area contributed by atoms with Crippen molar-refractivity contribution in [3.05, 3.63) is 294 Å². The van der Waals surface area contributed by atoms with Crippen molar-refractivity contribution < 1.29 is 0 Å². The Bertz CT molecular complexity index is 4620. The summed E-state index contributed by atoms with van der Waals surface area (Å²) >= 11 is 6.15. The number of benzene rings is 9. The van der Waals surface area contributed by atoms with Crippen LogP contribution >= 0.6 is 11.6 Å². The second-order valence-electron chi connectivity index (χ2n) is 29.4. The summed E-state index contributed by atoms with van der Waals surface area (Å²) in [4.78, 5) is 15.6. The molecule has 0 unspecified atom stereocenters. The van der Waals surface area contributed by atoms with Gasteiger partial charge in [0.15, 0.2) is 0 Å². The lowest BCUT2D eigenvalue weighted by Crippen LogP contribution is -2.42. The van der Waals surface area contributed by atoms with E-state index in [1.807, 2.05) is 18.3 Å². The minimum absolute atomic E-state index is 0.00245. The van der Waals surface area contributed by atoms with Crippen molar-refractivity contribution in [1.29, 1.82) is 0 Å². The zero-order valence-electron chi connectivity index (χ0n) is 55.9. The normalized spacial score (nSPS) is 16.0. The molecule has 0 fully saturated rings. The minimum atomic E-state index is -0.00245. The van der Waals surface area contributed by atoms with Crippen molar-refractivity contribution in [2.75, 3.05) is 0 Å². The average Bonchev–Trinajstić information content (AvgIpc) is 1.55. The van der Waals surface area contributed by atoms with Gasteiger partial charge in [-0.15, -0.1) is 0 Å². The molecular formula is C89H82ClN3. The highest BCUT2D eigenvalue weighted by Crippen LogP contribution is 2.63. The van der Waals surface area contributed by atoms with Gasteiger partial charge >= 0.3 is 0 Å². The van der Waals surface area contributed by atoms with Gasteiger partial charge in [0.1, 0.15) is 0 Å². The molecule has 9 aromatic carbocycles. The standard InChI is InChI=1S/C89H82ClN3/c1-84(2)77-43-36-62(52-79(77)86(5,6)88(84,9)10)82-46-39-65(55-92-82)72-23-14-17-26-75(72)68-49-67(50-69(51-68)76-27-18-15-24-73(76)66-40-47-83(93-56-66)63-37-44-78-80(53-63)87(7,8)89(11,12)85(78,3)4)74-25-16-13-22-71(74)64-38-45-81(91-54-64)61-21-19-20-60(48-61)59-34-30-57(31-35-59)28-29-58-32-41-70(90)42-33-58/h13-27,30-56H,28-29H2,1-12H3. The minimum Gasteiger partial charge on any atom is -0.256 e. The highest BCUT2D eigenvalue weighted by Gasteiger charge is 2.58. The second kappa shape index (κ2) is 23.1. The van der Waals surface area contributed by atoms with E-state index < -0.39 is 0 Å². The summed E-state index contributed by atoms with van der Waals surface area (Å²) in [6.45, 7) is 28.9. The Kier molecular flexibility index (Phi) is 15.2. The van der Waals surface area contributed by atoms with E-state index in [9.17, 15) is 0 Å². The van der Waals surface area contributed by atoms with Gasteiger partial charge in [-0.3, -0.25) is 15.0 Å². The summed E-state index contributed by atoms with van der Waals surface area (Å²) in [6, 6.07) is 86.7. The second-order valence-corrected chi connectivity index (χ2v) is 29.8. The maximum Gasteiger partial charge on any atom is 0.0702 e. The molecule has 3 heterocycles. The fourth-order valence-electron chi connectivity index (χ4n) is 15.3. The summed E-state index contributed by atoms with van der Waals surface area (Å²) in [7, 11) is 0. The topological polar surface area (TPSA) is 38.7 Å². The predicted molar refractivity (Wildman–Crippen MR) is 393 cm³/mol. The Morgan fingerprint density at radius 3 is 0.892 bits per heavy atom. The van der Waals surface area contributed by atoms with Crippen molar-refractivity contribution in [2.45, 2.75) is 118 Å². The number of aromatic nitrogens is 3. The van der Waals surface area contributed by atoms with E-state index in [2.05, 4.69) is 320 Å². The van der Waals surface area contributed by atoms with Crippen LogP contribution in [-0.2, 0) is 34.5 Å². The first kappa shape index (κ1) is 61.2. The molecule has 93 heavy (non-hydrogen) atoms. The molecule has 0 N–H and O–H groups in total. The highest BCUT2D eigenvalue weighted by atomic mass is 35.5. The number of halogens is 1. The van der Waals surface area contributed by atoms with E-state index in [0.29, 0.717) is 0 Å². The average molecular weight is 1230 g/mol. The number of hydrogen-bond donors (Lipinski definition) is 0. The van der Waals surface area contributed by atoms with Crippen molar-refractivity contribution in [3.8, 4) is 112 Å². The van der Waals surface area contributed by atoms with E-state index in [1.165, 1.54) is 38.9 Å². The number of aryl methyl sites for hydroxylation is 2. The summed E-state index contributed by atoms with van der Waals surface area (Å²) in [6.07, 6.45) is 8.10. The molecule has 3 nitrogen and oxygen atoms in total. The van der Waals surface area contributed by atoms with Gasteiger partial charge in [-0.25, -0.2) is 0 Å². The number of nitrogens with zero attached hydrogens (tertiary/aromatic N) is 3. The van der Waals surface area contributed by atoms with Gasteiger partial charge in [-0.1, -0.05) is 265 Å². The van der Waals surface area contributed by atoms with Crippen LogP contribution in [-0.4, -0.2) is 15.0 Å². The van der Waals surface area contributed by atoms with Crippen molar-refractivity contribution in [1.82, 2.24) is 15.0 Å². The van der Waals surface area contributed by atoms with Gasteiger partial charge in [0, 0.05) is 57.0 Å². The molecule has 2 aliphatic carbocycles. The van der Waals surface area contributed by atoms with E-state index in [4.69, 9.17) is 26.6 Å². The quantitative estimate of drug-likeness (QED) is 0.115. The van der Waals surface area contributed by atoms with Crippen LogP contribution in [0.5, 0.6) is 0 Å². The number of fused-ring (bicyclic) bond motifs is 2. The van der Waals surface area contributed by atoms with Crippen LogP contribution in [0, 0.1) is 10.8 Å². The summed E-state index contributed by atoms with van der Waals surface area (Å²) in [5, 5.41) is 0.769. The van der Waals surface area contributed by atoms with Gasteiger partial charge in [0.2, 0.25) is 0 Å². The molecule has 2 aliphatic rings. The lowest BCUT2D eigenvalue weighted by molar-refractivity contribution is 0.125. The first-order valence-corrected chi connectivity index (χ1v) is 33.5. The fraction of sp³-hybridized carbons (Fsp3) is 0.225. The largest absolute Gasteiger partial charge is 0.256 e. The zero-order chi connectivity index (χ0) is 64.8. The third-order valence-corrected chi connectivity index (χ3v) is 23.8. The Labute approximate surface area is 556 Å². The zero-order valence-corrected chi connectivity index (χ0v) is 56.6. The van der Waals surface area contributed by atoms with Crippen LogP contribution in [0.15, 0.2) is 255 Å². The first-order chi connectivity index (χ1) is 44.5. The van der Waals surface area contributed by atoms with Gasteiger partial charge < -0.3 is 0 Å². The molecule has 12 aromatic rings. The molecule has 0 aliphatic heterocycles. The summed E-state index contributed by atoms with van der Waals surface area (Å²) in [5.41, 5.74) is 30.3. The van der Waals surface area contributed by atoms with Gasteiger partial charge in [-0.2, -0.15) is 0 Å². The summed E-state index contributed by atoms with van der Waals surface area (Å²) < 4.78 is 0. The maximum absolute atomic E-state index is 6.15. The number of hydrogen-bond acceptors (Lipinski definition) is 3. The molecule has 3 aromatic heterocycles. The third kappa shape index (κ3) is 10.5. The van der Waals surface area contributed by atoms with Crippen LogP contribution in [0.3, 0.4) is 0 Å². The fourth-order valence-corrected chi connectivity index (χ4v) is 15.5. The molecule has 460 valence electrons. The highest BCUT2D eigenvalue weighted by molar-refractivity contribution is 6.30. The van der Waals surface area contributed by atoms with E-state index in [1.54, 1.807) is 0 Å². The maximum atomic E-state index is 6.15. The molecule has 0 spiro atoms. The molecule has 0 atom stereocenters. The van der Waals surface area contributed by atoms with Crippen LogP contribution in [0.4, 0.5) is 0 Å². The van der Waals surface area contributed by atoms with Gasteiger partial charge in [0.25, 0.3) is 0 Å². The van der Waals surface area contributed by atoms with Crippen LogP contribution in [0.2, 0.25) is 5.02 Å². The molecule has 0 bridgehead atoms. The predicted octanol–water partition coefficient (Wildman–Crippen LogP) is 24.2. The molecule has 14 rings (SSSR count). The Morgan fingerprint density at radius 1 is 0.247 bits per heavy atom. The van der Waals surface area contributed by atoms with Gasteiger partial charge in [-0.05, 0) is 207 Å². The smallest absolute Gasteiger partial charge is 0.0702 e. The van der Waals surface area contributed by atoms with E-state index in [0.717, 1.165) is 124 Å². The molecule has 4 heteroatoms. The third-order valence-electron chi connectivity index (χ3n) is 23.5. The van der Waals surface area contributed by atoms with Crippen molar-refractivity contribution in [3.63, 3.8) is 0 Å². The SMILES string of the molecule is CC1(C)c2ccc(-c3ccc(-c4ccccc4-c4cc(-c5ccccc5-c5ccc(-c6cccc(-c7ccc(CCc8ccc(Cl)cc8)cc7)c6)nc5)cc(-c5ccccc5-c5ccc(-c6ccc7c(c6)C(C)(C)C(C)(C)C7(C)C)nc5)c4)cn3)cc2C(C)(C)C1(C)C. The Hall–Kier alpha value is -9.28. The van der Waals surface area contributed by atoms with Crippen LogP contribution in [0.25, 0.3) is 112 Å². The molecule has 0 saturated carbocycles. The lowest BCUT2D eigenvalue weighted by Gasteiger charge is -2.44. The molecule has 0 saturated heterocycles. The van der Waals surface area contributed by atoms with Crippen LogP contribution < -0.4 is 0 Å². The number of pyridine rings is 3. The van der Waals surface area contributed by atoms with Crippen molar-refractivity contribution >= 4 is 11.6 Å². The Morgan fingerprint density at radius 2 is 0.538 bits per heavy atom. The van der Waals surface area contributed by atoms with Gasteiger partial charge in [0.05, 0.1) is 17.1 Å².